The molecule has 4 nitrogen and oxygen atoms in total. The number of hydrogen-bond donors (Lipinski definition) is 2. The lowest BCUT2D eigenvalue weighted by molar-refractivity contribution is -0.138. The fourth-order valence-corrected chi connectivity index (χ4v) is 3.71. The number of likely N-dealkylation sites (tertiary alicyclic amines) is 1. The quantitative estimate of drug-likeness (QED) is 0.805. The lowest BCUT2D eigenvalue weighted by atomic mass is 9.85. The molecule has 1 saturated heterocycles. The molecule has 27 heavy (non-hydrogen) atoms. The van der Waals surface area contributed by atoms with E-state index in [4.69, 9.17) is 17.3 Å². The van der Waals surface area contributed by atoms with E-state index in [-0.39, 0.29) is 24.2 Å². The van der Waals surface area contributed by atoms with Gasteiger partial charge in [0.2, 0.25) is 5.91 Å². The van der Waals surface area contributed by atoms with E-state index < -0.39 is 11.6 Å². The average molecular weight is 409 g/mol. The summed E-state index contributed by atoms with van der Waals surface area (Å²) >= 11 is 5.91. The number of rotatable bonds is 4. The number of nitrogens with two attached hydrogens (primary N) is 1. The van der Waals surface area contributed by atoms with Crippen molar-refractivity contribution >= 4 is 29.9 Å². The summed E-state index contributed by atoms with van der Waals surface area (Å²) in [6.45, 7) is 2.97. The molecular weight excluding hydrogens is 383 g/mol. The maximum atomic E-state index is 12.9. The number of piperidine rings is 1. The van der Waals surface area contributed by atoms with Gasteiger partial charge in [0.1, 0.15) is 5.54 Å². The van der Waals surface area contributed by atoms with Crippen molar-refractivity contribution in [1.82, 2.24) is 4.90 Å². The van der Waals surface area contributed by atoms with E-state index in [2.05, 4.69) is 0 Å². The van der Waals surface area contributed by atoms with Crippen LogP contribution in [0.5, 0.6) is 0 Å². The van der Waals surface area contributed by atoms with Crippen molar-refractivity contribution in [3.05, 3.63) is 70.7 Å². The minimum Gasteiger partial charge on any atom is -0.388 e. The SMILES string of the molecule is CC(N)(C(=O)N1CCC(C(O)c2ccc(Cl)cc2)CC1)c1ccccc1.Cl. The second-order valence-electron chi connectivity index (χ2n) is 7.19. The molecule has 2 unspecified atom stereocenters. The van der Waals surface area contributed by atoms with Crippen LogP contribution in [0.3, 0.4) is 0 Å². The molecule has 0 spiro atoms. The van der Waals surface area contributed by atoms with Gasteiger partial charge in [0.25, 0.3) is 0 Å². The van der Waals surface area contributed by atoms with Crippen LogP contribution in [-0.2, 0) is 10.3 Å². The number of aliphatic hydroxyl groups excluding tert-OH is 1. The molecule has 146 valence electrons. The van der Waals surface area contributed by atoms with Gasteiger partial charge < -0.3 is 15.7 Å². The number of nitrogens with zero attached hydrogens (tertiary/aromatic N) is 1. The van der Waals surface area contributed by atoms with Crippen molar-refractivity contribution in [2.75, 3.05) is 13.1 Å². The van der Waals surface area contributed by atoms with E-state index in [0.717, 1.165) is 24.0 Å². The van der Waals surface area contributed by atoms with Crippen molar-refractivity contribution in [2.24, 2.45) is 11.7 Å². The molecule has 2 atom stereocenters. The molecule has 6 heteroatoms. The third-order valence-electron chi connectivity index (χ3n) is 5.30. The lowest BCUT2D eigenvalue weighted by Crippen LogP contribution is -2.53. The Labute approximate surface area is 171 Å². The van der Waals surface area contributed by atoms with Crippen LogP contribution in [-0.4, -0.2) is 29.0 Å². The summed E-state index contributed by atoms with van der Waals surface area (Å²) in [5.41, 5.74) is 7.00. The largest absolute Gasteiger partial charge is 0.388 e. The van der Waals surface area contributed by atoms with E-state index >= 15 is 0 Å². The molecule has 0 aromatic heterocycles. The van der Waals surface area contributed by atoms with Gasteiger partial charge in [-0.2, -0.15) is 0 Å². The molecule has 0 bridgehead atoms. The summed E-state index contributed by atoms with van der Waals surface area (Å²) in [6, 6.07) is 16.8. The van der Waals surface area contributed by atoms with E-state index in [0.29, 0.717) is 18.1 Å². The van der Waals surface area contributed by atoms with Gasteiger partial charge in [-0.15, -0.1) is 12.4 Å². The van der Waals surface area contributed by atoms with Crippen molar-refractivity contribution in [3.63, 3.8) is 0 Å². The second kappa shape index (κ2) is 9.07. The zero-order chi connectivity index (χ0) is 18.7. The first-order valence-electron chi connectivity index (χ1n) is 8.97. The molecule has 1 fully saturated rings. The highest BCUT2D eigenvalue weighted by atomic mass is 35.5. The Hall–Kier alpha value is -1.59. The lowest BCUT2D eigenvalue weighted by Gasteiger charge is -2.38. The van der Waals surface area contributed by atoms with Gasteiger partial charge in [-0.05, 0) is 48.9 Å². The van der Waals surface area contributed by atoms with Crippen molar-refractivity contribution in [1.29, 1.82) is 0 Å². The van der Waals surface area contributed by atoms with E-state index in [1.807, 2.05) is 47.4 Å². The van der Waals surface area contributed by atoms with Crippen LogP contribution in [0.25, 0.3) is 0 Å². The van der Waals surface area contributed by atoms with E-state index in [9.17, 15) is 9.90 Å². The fourth-order valence-electron chi connectivity index (χ4n) is 3.59. The summed E-state index contributed by atoms with van der Waals surface area (Å²) in [7, 11) is 0. The summed E-state index contributed by atoms with van der Waals surface area (Å²) < 4.78 is 0. The average Bonchev–Trinajstić information content (AvgIpc) is 2.68. The first-order valence-corrected chi connectivity index (χ1v) is 9.34. The normalized spacial score (nSPS) is 18.3. The Morgan fingerprint density at radius 2 is 1.70 bits per heavy atom. The standard InChI is InChI=1S/C21H25ClN2O2.ClH/c1-21(23,17-5-3-2-4-6-17)20(26)24-13-11-16(12-14-24)19(25)15-7-9-18(22)10-8-15;/h2-10,16,19,25H,11-14,23H2,1H3;1H. The molecule has 3 N–H and O–H groups in total. The van der Waals surface area contributed by atoms with Gasteiger partial charge in [-0.25, -0.2) is 0 Å². The Morgan fingerprint density at radius 1 is 1.15 bits per heavy atom. The highest BCUT2D eigenvalue weighted by Gasteiger charge is 2.37. The highest BCUT2D eigenvalue weighted by molar-refractivity contribution is 6.30. The zero-order valence-electron chi connectivity index (χ0n) is 15.3. The van der Waals surface area contributed by atoms with Crippen molar-refractivity contribution in [3.8, 4) is 0 Å². The smallest absolute Gasteiger partial charge is 0.246 e. The third kappa shape index (κ3) is 4.82. The molecular formula is C21H26Cl2N2O2. The van der Waals surface area contributed by atoms with E-state index in [1.54, 1.807) is 19.1 Å². The molecule has 0 saturated carbocycles. The number of amides is 1. The van der Waals surface area contributed by atoms with Crippen LogP contribution in [0.2, 0.25) is 5.02 Å². The maximum Gasteiger partial charge on any atom is 0.246 e. The minimum absolute atomic E-state index is 0. The highest BCUT2D eigenvalue weighted by Crippen LogP contribution is 2.32. The van der Waals surface area contributed by atoms with Crippen LogP contribution < -0.4 is 5.73 Å². The van der Waals surface area contributed by atoms with Gasteiger partial charge in [0, 0.05) is 18.1 Å². The molecule has 1 aliphatic heterocycles. The molecule has 0 radical (unpaired) electrons. The van der Waals surface area contributed by atoms with Crippen molar-refractivity contribution < 1.29 is 9.90 Å². The van der Waals surface area contributed by atoms with Crippen LogP contribution in [0, 0.1) is 5.92 Å². The predicted molar refractivity (Wildman–Crippen MR) is 111 cm³/mol. The number of benzene rings is 2. The molecule has 3 rings (SSSR count). The topological polar surface area (TPSA) is 66.6 Å². The van der Waals surface area contributed by atoms with Gasteiger partial charge in [0.15, 0.2) is 0 Å². The molecule has 1 amide bonds. The molecule has 0 aliphatic carbocycles. The maximum absolute atomic E-state index is 12.9. The summed E-state index contributed by atoms with van der Waals surface area (Å²) in [4.78, 5) is 14.7. The first-order chi connectivity index (χ1) is 12.4. The fraction of sp³-hybridized carbons (Fsp3) is 0.381. The summed E-state index contributed by atoms with van der Waals surface area (Å²) in [5.74, 6) is 0.0594. The minimum atomic E-state index is -1.04. The molecule has 1 aliphatic rings. The van der Waals surface area contributed by atoms with Crippen LogP contribution in [0.4, 0.5) is 0 Å². The Balaban J connectivity index is 0.00000261. The van der Waals surface area contributed by atoms with Crippen molar-refractivity contribution in [2.45, 2.75) is 31.4 Å². The van der Waals surface area contributed by atoms with Crippen LogP contribution in [0.1, 0.15) is 37.0 Å². The van der Waals surface area contributed by atoms with Crippen LogP contribution >= 0.6 is 24.0 Å². The molecule has 2 aromatic rings. The second-order valence-corrected chi connectivity index (χ2v) is 7.63. The number of carbonyl (C=O) groups excluding carboxylic acids is 1. The number of aliphatic hydroxyl groups is 1. The van der Waals surface area contributed by atoms with Crippen LogP contribution in [0.15, 0.2) is 54.6 Å². The summed E-state index contributed by atoms with van der Waals surface area (Å²) in [5, 5.41) is 11.3. The third-order valence-corrected chi connectivity index (χ3v) is 5.55. The Morgan fingerprint density at radius 3 is 2.26 bits per heavy atom. The zero-order valence-corrected chi connectivity index (χ0v) is 16.9. The summed E-state index contributed by atoms with van der Waals surface area (Å²) in [6.07, 6.45) is 0.962. The predicted octanol–water partition coefficient (Wildman–Crippen LogP) is 3.91. The number of carbonyl (C=O) groups is 1. The first kappa shape index (κ1) is 21.7. The van der Waals surface area contributed by atoms with Gasteiger partial charge in [-0.3, -0.25) is 4.79 Å². The monoisotopic (exact) mass is 408 g/mol. The number of halogens is 2. The Kier molecular flexibility index (Phi) is 7.29. The van der Waals surface area contributed by atoms with Gasteiger partial charge in [0.05, 0.1) is 6.10 Å². The van der Waals surface area contributed by atoms with Gasteiger partial charge in [-0.1, -0.05) is 54.1 Å². The van der Waals surface area contributed by atoms with Gasteiger partial charge >= 0.3 is 0 Å². The van der Waals surface area contributed by atoms with E-state index in [1.165, 1.54) is 0 Å². The molecule has 2 aromatic carbocycles. The molecule has 1 heterocycles. The Bertz CT molecular complexity index is 743. The number of hydrogen-bond acceptors (Lipinski definition) is 3.